The van der Waals surface area contributed by atoms with Crippen molar-refractivity contribution in [3.05, 3.63) is 65.0 Å². The first-order valence-electron chi connectivity index (χ1n) is 7.75. The number of anilines is 1. The fourth-order valence-corrected chi connectivity index (χ4v) is 3.02. The van der Waals surface area contributed by atoms with Crippen LogP contribution in [0.3, 0.4) is 0 Å². The first kappa shape index (κ1) is 15.3. The Kier molecular flexibility index (Phi) is 4.14. The highest BCUT2D eigenvalue weighted by molar-refractivity contribution is 7.07. The summed E-state index contributed by atoms with van der Waals surface area (Å²) in [6.07, 6.45) is 0. The summed E-state index contributed by atoms with van der Waals surface area (Å²) in [6.45, 7) is 0.477. The number of H-pyrrole nitrogens is 1. The molecule has 4 aromatic rings. The van der Waals surface area contributed by atoms with Crippen molar-refractivity contribution >= 4 is 34.1 Å². The number of carbonyl (C=O) groups excluding carboxylic acids is 1. The van der Waals surface area contributed by atoms with E-state index >= 15 is 0 Å². The highest BCUT2D eigenvalue weighted by Gasteiger charge is 2.08. The van der Waals surface area contributed by atoms with Crippen LogP contribution in [0.1, 0.15) is 5.56 Å². The molecule has 0 aliphatic heterocycles. The highest BCUT2D eigenvalue weighted by atomic mass is 32.1. The first-order valence-corrected chi connectivity index (χ1v) is 8.69. The molecule has 7 heteroatoms. The number of aromatic nitrogens is 3. The maximum Gasteiger partial charge on any atom is 0.319 e. The number of thiazole rings is 1. The Morgan fingerprint density at radius 1 is 1.16 bits per heavy atom. The monoisotopic (exact) mass is 349 g/mol. The van der Waals surface area contributed by atoms with Crippen LogP contribution < -0.4 is 10.6 Å². The zero-order chi connectivity index (χ0) is 17.1. The number of amides is 2. The molecule has 4 rings (SSSR count). The molecular weight excluding hydrogens is 334 g/mol. The zero-order valence-electron chi connectivity index (χ0n) is 13.2. The molecule has 0 unspecified atom stereocenters. The summed E-state index contributed by atoms with van der Waals surface area (Å²) in [6, 6.07) is 15.1. The summed E-state index contributed by atoms with van der Waals surface area (Å²) in [5.41, 5.74) is 6.01. The second-order valence-electron chi connectivity index (χ2n) is 5.48. The molecule has 0 radical (unpaired) electrons. The standard InChI is InChI=1S/C18H15N5OS/c24-18(19-9-12-4-2-1-3-5-12)21-13-6-7-14-15(8-13)23-17(22-14)16-10-25-11-20-16/h1-8,10-11H,9H2,(H,22,23)(H2,19,21,24). The molecule has 3 N–H and O–H groups in total. The fraction of sp³-hybridized carbons (Fsp3) is 0.0556. The molecule has 0 aliphatic rings. The van der Waals surface area contributed by atoms with E-state index in [1.54, 1.807) is 5.51 Å². The molecule has 2 aromatic heterocycles. The zero-order valence-corrected chi connectivity index (χ0v) is 14.0. The van der Waals surface area contributed by atoms with Crippen LogP contribution in [0.25, 0.3) is 22.6 Å². The van der Waals surface area contributed by atoms with E-state index in [2.05, 4.69) is 25.6 Å². The van der Waals surface area contributed by atoms with Crippen molar-refractivity contribution in [1.82, 2.24) is 20.3 Å². The van der Waals surface area contributed by atoms with Crippen molar-refractivity contribution in [1.29, 1.82) is 0 Å². The number of rotatable bonds is 4. The van der Waals surface area contributed by atoms with Gasteiger partial charge in [-0.2, -0.15) is 0 Å². The Morgan fingerprint density at radius 2 is 2.04 bits per heavy atom. The maximum absolute atomic E-state index is 12.1. The maximum atomic E-state index is 12.1. The smallest absolute Gasteiger partial charge is 0.319 e. The van der Waals surface area contributed by atoms with E-state index in [1.807, 2.05) is 53.9 Å². The lowest BCUT2D eigenvalue weighted by molar-refractivity contribution is 0.251. The number of aromatic amines is 1. The van der Waals surface area contributed by atoms with E-state index in [0.29, 0.717) is 12.2 Å². The molecule has 2 aromatic carbocycles. The predicted molar refractivity (Wildman–Crippen MR) is 99.5 cm³/mol. The van der Waals surface area contributed by atoms with Crippen LogP contribution in [-0.2, 0) is 6.54 Å². The van der Waals surface area contributed by atoms with E-state index in [1.165, 1.54) is 11.3 Å². The van der Waals surface area contributed by atoms with Gasteiger partial charge in [-0.05, 0) is 23.8 Å². The second-order valence-corrected chi connectivity index (χ2v) is 6.20. The summed E-state index contributed by atoms with van der Waals surface area (Å²) in [7, 11) is 0. The number of nitrogens with one attached hydrogen (secondary N) is 3. The van der Waals surface area contributed by atoms with Crippen LogP contribution >= 0.6 is 11.3 Å². The van der Waals surface area contributed by atoms with Crippen LogP contribution in [0.4, 0.5) is 10.5 Å². The van der Waals surface area contributed by atoms with Crippen LogP contribution in [0.5, 0.6) is 0 Å². The van der Waals surface area contributed by atoms with Crippen LogP contribution in [-0.4, -0.2) is 21.0 Å². The number of imidazole rings is 1. The molecule has 0 spiro atoms. The fourth-order valence-electron chi connectivity index (χ4n) is 2.49. The molecule has 0 bridgehead atoms. The molecule has 0 atom stereocenters. The minimum atomic E-state index is -0.251. The van der Waals surface area contributed by atoms with Gasteiger partial charge in [0.25, 0.3) is 0 Å². The molecule has 0 saturated heterocycles. The summed E-state index contributed by atoms with van der Waals surface area (Å²) in [4.78, 5) is 24.1. The molecule has 0 fully saturated rings. The van der Waals surface area contributed by atoms with Gasteiger partial charge in [0.15, 0.2) is 5.82 Å². The van der Waals surface area contributed by atoms with Gasteiger partial charge in [0.2, 0.25) is 0 Å². The Balaban J connectivity index is 1.45. The number of urea groups is 1. The van der Waals surface area contributed by atoms with Gasteiger partial charge in [0, 0.05) is 17.6 Å². The molecule has 2 heterocycles. The number of hydrogen-bond donors (Lipinski definition) is 3. The Hall–Kier alpha value is -3.19. The third-order valence-electron chi connectivity index (χ3n) is 3.71. The lowest BCUT2D eigenvalue weighted by Crippen LogP contribution is -2.28. The largest absolute Gasteiger partial charge is 0.337 e. The van der Waals surface area contributed by atoms with E-state index in [0.717, 1.165) is 28.1 Å². The minimum absolute atomic E-state index is 0.251. The second kappa shape index (κ2) is 6.74. The average Bonchev–Trinajstić information content (AvgIpc) is 3.30. The van der Waals surface area contributed by atoms with Gasteiger partial charge in [-0.25, -0.2) is 14.8 Å². The van der Waals surface area contributed by atoms with Gasteiger partial charge < -0.3 is 15.6 Å². The molecule has 25 heavy (non-hydrogen) atoms. The van der Waals surface area contributed by atoms with Gasteiger partial charge in [0.05, 0.1) is 16.5 Å². The molecular formula is C18H15N5OS. The van der Waals surface area contributed by atoms with E-state index in [4.69, 9.17) is 0 Å². The van der Waals surface area contributed by atoms with Crippen LogP contribution in [0, 0.1) is 0 Å². The van der Waals surface area contributed by atoms with Gasteiger partial charge in [-0.15, -0.1) is 11.3 Å². The van der Waals surface area contributed by atoms with Crippen molar-refractivity contribution in [3.63, 3.8) is 0 Å². The van der Waals surface area contributed by atoms with Gasteiger partial charge >= 0.3 is 6.03 Å². The Morgan fingerprint density at radius 3 is 2.84 bits per heavy atom. The summed E-state index contributed by atoms with van der Waals surface area (Å²) < 4.78 is 0. The van der Waals surface area contributed by atoms with Crippen molar-refractivity contribution in [2.75, 3.05) is 5.32 Å². The quantitative estimate of drug-likeness (QED) is 0.520. The van der Waals surface area contributed by atoms with E-state index in [9.17, 15) is 4.79 Å². The molecule has 2 amide bonds. The SMILES string of the molecule is O=C(NCc1ccccc1)Nc1ccc2[nH]c(-c3cscn3)nc2c1. The number of hydrogen-bond acceptors (Lipinski definition) is 4. The molecule has 0 aliphatic carbocycles. The van der Waals surface area contributed by atoms with Crippen LogP contribution in [0.2, 0.25) is 0 Å². The third-order valence-corrected chi connectivity index (χ3v) is 4.30. The molecule has 6 nitrogen and oxygen atoms in total. The van der Waals surface area contributed by atoms with E-state index in [-0.39, 0.29) is 6.03 Å². The molecule has 124 valence electrons. The van der Waals surface area contributed by atoms with Gasteiger partial charge in [-0.3, -0.25) is 0 Å². The summed E-state index contributed by atoms with van der Waals surface area (Å²) in [5.74, 6) is 0.724. The Labute approximate surface area is 148 Å². The third kappa shape index (κ3) is 3.51. The lowest BCUT2D eigenvalue weighted by Gasteiger charge is -2.07. The van der Waals surface area contributed by atoms with E-state index < -0.39 is 0 Å². The Bertz CT molecular complexity index is 995. The van der Waals surface area contributed by atoms with Crippen molar-refractivity contribution in [2.45, 2.75) is 6.54 Å². The lowest BCUT2D eigenvalue weighted by atomic mass is 10.2. The minimum Gasteiger partial charge on any atom is -0.337 e. The van der Waals surface area contributed by atoms with Crippen LogP contribution in [0.15, 0.2) is 59.4 Å². The highest BCUT2D eigenvalue weighted by Crippen LogP contribution is 2.22. The average molecular weight is 349 g/mol. The first-order chi connectivity index (χ1) is 12.3. The number of benzene rings is 2. The van der Waals surface area contributed by atoms with Crippen molar-refractivity contribution in [3.8, 4) is 11.5 Å². The summed E-state index contributed by atoms with van der Waals surface area (Å²) in [5, 5.41) is 7.61. The van der Waals surface area contributed by atoms with Gasteiger partial charge in [-0.1, -0.05) is 30.3 Å². The topological polar surface area (TPSA) is 82.7 Å². The number of nitrogens with zero attached hydrogens (tertiary/aromatic N) is 2. The van der Waals surface area contributed by atoms with Gasteiger partial charge in [0.1, 0.15) is 5.69 Å². The normalized spacial score (nSPS) is 10.7. The number of carbonyl (C=O) groups is 1. The van der Waals surface area contributed by atoms with Crippen molar-refractivity contribution in [2.24, 2.45) is 0 Å². The summed E-state index contributed by atoms with van der Waals surface area (Å²) >= 11 is 1.52. The molecule has 0 saturated carbocycles. The number of fused-ring (bicyclic) bond motifs is 1. The predicted octanol–water partition coefficient (Wildman–Crippen LogP) is 4.01. The van der Waals surface area contributed by atoms with Crippen molar-refractivity contribution < 1.29 is 4.79 Å².